The number of fused-ring (bicyclic) bond motifs is 1. The molecule has 4 rings (SSSR count). The highest BCUT2D eigenvalue weighted by atomic mass is 32.2. The fourth-order valence-electron chi connectivity index (χ4n) is 3.80. The van der Waals surface area contributed by atoms with E-state index in [9.17, 15) is 13.2 Å². The normalized spacial score (nSPS) is 13.5. The summed E-state index contributed by atoms with van der Waals surface area (Å²) in [6.07, 6.45) is 0.754. The summed E-state index contributed by atoms with van der Waals surface area (Å²) in [5.41, 5.74) is 3.49. The maximum absolute atomic E-state index is 13.2. The molecular formula is C25H26N2O4S. The summed E-state index contributed by atoms with van der Waals surface area (Å²) in [6.45, 7) is 3.76. The van der Waals surface area contributed by atoms with Crippen LogP contribution in [0.2, 0.25) is 0 Å². The van der Waals surface area contributed by atoms with E-state index in [1.165, 1.54) is 17.7 Å². The first-order chi connectivity index (χ1) is 15.5. The maximum atomic E-state index is 13.2. The third-order valence-electron chi connectivity index (χ3n) is 5.49. The Balaban J connectivity index is 1.49. The van der Waals surface area contributed by atoms with Crippen LogP contribution < -0.4 is 9.46 Å². The molecule has 0 fully saturated rings. The number of nitrogens with one attached hydrogen (secondary N) is 1. The Morgan fingerprint density at radius 1 is 1.00 bits per heavy atom. The molecule has 6 nitrogen and oxygen atoms in total. The van der Waals surface area contributed by atoms with Crippen LogP contribution in [-0.4, -0.2) is 32.4 Å². The lowest BCUT2D eigenvalue weighted by atomic mass is 9.99. The standard InChI is InChI=1S/C25H26N2O4S/c1-2-31-23-12-11-20-13-14-27(18-22(20)15-23)25(28)21-9-6-10-24(16-21)32(29,30)26-17-19-7-4-3-5-8-19/h3-12,15-16,26H,2,13-14,17-18H2,1H3. The van der Waals surface area contributed by atoms with Crippen LogP contribution in [0.25, 0.3) is 0 Å². The minimum atomic E-state index is -3.74. The zero-order valence-corrected chi connectivity index (χ0v) is 18.8. The van der Waals surface area contributed by atoms with E-state index in [-0.39, 0.29) is 17.3 Å². The van der Waals surface area contributed by atoms with Gasteiger partial charge in [0.2, 0.25) is 10.0 Å². The molecule has 1 heterocycles. The molecule has 0 saturated carbocycles. The van der Waals surface area contributed by atoms with Gasteiger partial charge in [-0.15, -0.1) is 0 Å². The number of rotatable bonds is 7. The van der Waals surface area contributed by atoms with Gasteiger partial charge < -0.3 is 9.64 Å². The summed E-state index contributed by atoms with van der Waals surface area (Å²) in [5.74, 6) is 0.607. The molecule has 3 aromatic rings. The second-order valence-corrected chi connectivity index (χ2v) is 9.45. The number of amides is 1. The smallest absolute Gasteiger partial charge is 0.254 e. The number of benzene rings is 3. The van der Waals surface area contributed by atoms with Crippen LogP contribution in [0, 0.1) is 0 Å². The van der Waals surface area contributed by atoms with E-state index in [0.29, 0.717) is 25.3 Å². The van der Waals surface area contributed by atoms with Gasteiger partial charge in [0, 0.05) is 25.2 Å². The van der Waals surface area contributed by atoms with E-state index in [2.05, 4.69) is 4.72 Å². The van der Waals surface area contributed by atoms with Crippen molar-refractivity contribution < 1.29 is 17.9 Å². The number of ether oxygens (including phenoxy) is 1. The number of hydrogen-bond acceptors (Lipinski definition) is 4. The Hall–Kier alpha value is -3.16. The highest BCUT2D eigenvalue weighted by molar-refractivity contribution is 7.89. The van der Waals surface area contributed by atoms with E-state index in [1.807, 2.05) is 55.5 Å². The van der Waals surface area contributed by atoms with Gasteiger partial charge in [-0.1, -0.05) is 42.5 Å². The van der Waals surface area contributed by atoms with Gasteiger partial charge in [0.1, 0.15) is 5.75 Å². The summed E-state index contributed by atoms with van der Waals surface area (Å²) in [7, 11) is -3.74. The molecule has 1 amide bonds. The molecule has 0 saturated heterocycles. The summed E-state index contributed by atoms with van der Waals surface area (Å²) in [4.78, 5) is 15.0. The van der Waals surface area contributed by atoms with Gasteiger partial charge in [0.05, 0.1) is 11.5 Å². The molecule has 7 heteroatoms. The van der Waals surface area contributed by atoms with Crippen molar-refractivity contribution in [1.29, 1.82) is 0 Å². The molecular weight excluding hydrogens is 424 g/mol. The number of nitrogens with zero attached hydrogens (tertiary/aromatic N) is 1. The van der Waals surface area contributed by atoms with Gasteiger partial charge in [0.25, 0.3) is 5.91 Å². The number of carbonyl (C=O) groups excluding carboxylic acids is 1. The van der Waals surface area contributed by atoms with Crippen LogP contribution in [0.1, 0.15) is 34.0 Å². The first-order valence-corrected chi connectivity index (χ1v) is 12.1. The molecule has 32 heavy (non-hydrogen) atoms. The highest BCUT2D eigenvalue weighted by Crippen LogP contribution is 2.25. The summed E-state index contributed by atoms with van der Waals surface area (Å²) in [6, 6.07) is 21.5. The third kappa shape index (κ3) is 5.00. The lowest BCUT2D eigenvalue weighted by Gasteiger charge is -2.29. The molecule has 0 radical (unpaired) electrons. The lowest BCUT2D eigenvalue weighted by molar-refractivity contribution is 0.0734. The third-order valence-corrected chi connectivity index (χ3v) is 6.89. The summed E-state index contributed by atoms with van der Waals surface area (Å²) >= 11 is 0. The van der Waals surface area contributed by atoms with E-state index >= 15 is 0 Å². The van der Waals surface area contributed by atoms with Crippen molar-refractivity contribution in [2.24, 2.45) is 0 Å². The number of hydrogen-bond donors (Lipinski definition) is 1. The van der Waals surface area contributed by atoms with Crippen molar-refractivity contribution in [1.82, 2.24) is 9.62 Å². The molecule has 0 atom stereocenters. The Kier molecular flexibility index (Phi) is 6.58. The zero-order valence-electron chi connectivity index (χ0n) is 18.0. The molecule has 0 bridgehead atoms. The Morgan fingerprint density at radius 3 is 2.59 bits per heavy atom. The van der Waals surface area contributed by atoms with Crippen LogP contribution in [0.4, 0.5) is 0 Å². The number of sulfonamides is 1. The average Bonchev–Trinajstić information content (AvgIpc) is 2.83. The second-order valence-electron chi connectivity index (χ2n) is 7.68. The summed E-state index contributed by atoms with van der Waals surface area (Å²) < 4.78 is 33.7. The van der Waals surface area contributed by atoms with Crippen molar-refractivity contribution in [2.75, 3.05) is 13.2 Å². The molecule has 0 aromatic heterocycles. The van der Waals surface area contributed by atoms with E-state index in [4.69, 9.17) is 4.74 Å². The van der Waals surface area contributed by atoms with Crippen LogP contribution in [0.3, 0.4) is 0 Å². The van der Waals surface area contributed by atoms with E-state index in [1.54, 1.807) is 17.0 Å². The molecule has 1 N–H and O–H groups in total. The largest absolute Gasteiger partial charge is 0.494 e. The van der Waals surface area contributed by atoms with Crippen LogP contribution in [0.5, 0.6) is 5.75 Å². The molecule has 1 aliphatic rings. The first kappa shape index (κ1) is 22.0. The van der Waals surface area contributed by atoms with Gasteiger partial charge >= 0.3 is 0 Å². The highest BCUT2D eigenvalue weighted by Gasteiger charge is 2.24. The average molecular weight is 451 g/mol. The fourth-order valence-corrected chi connectivity index (χ4v) is 4.86. The van der Waals surface area contributed by atoms with Gasteiger partial charge in [-0.3, -0.25) is 4.79 Å². The first-order valence-electron chi connectivity index (χ1n) is 10.6. The van der Waals surface area contributed by atoms with Crippen LogP contribution in [0.15, 0.2) is 77.7 Å². The minimum Gasteiger partial charge on any atom is -0.494 e. The maximum Gasteiger partial charge on any atom is 0.254 e. The van der Waals surface area contributed by atoms with Gasteiger partial charge in [-0.05, 0) is 60.4 Å². The molecule has 0 aliphatic carbocycles. The van der Waals surface area contributed by atoms with E-state index in [0.717, 1.165) is 23.3 Å². The second kappa shape index (κ2) is 9.54. The van der Waals surface area contributed by atoms with Crippen molar-refractivity contribution in [2.45, 2.75) is 31.3 Å². The lowest BCUT2D eigenvalue weighted by Crippen LogP contribution is -2.36. The Bertz CT molecular complexity index is 1210. The molecule has 166 valence electrons. The number of carbonyl (C=O) groups is 1. The van der Waals surface area contributed by atoms with Crippen LogP contribution in [-0.2, 0) is 29.5 Å². The van der Waals surface area contributed by atoms with Crippen molar-refractivity contribution in [3.8, 4) is 5.75 Å². The summed E-state index contributed by atoms with van der Waals surface area (Å²) in [5, 5.41) is 0. The quantitative estimate of drug-likeness (QED) is 0.595. The zero-order chi connectivity index (χ0) is 22.6. The van der Waals surface area contributed by atoms with Crippen molar-refractivity contribution in [3.63, 3.8) is 0 Å². The SMILES string of the molecule is CCOc1ccc2c(c1)CN(C(=O)c1cccc(S(=O)(=O)NCc3ccccc3)c1)CC2. The predicted molar refractivity (Wildman–Crippen MR) is 123 cm³/mol. The van der Waals surface area contributed by atoms with Crippen molar-refractivity contribution in [3.05, 3.63) is 95.1 Å². The molecule has 1 aliphatic heterocycles. The van der Waals surface area contributed by atoms with Crippen molar-refractivity contribution >= 4 is 15.9 Å². The fraction of sp³-hybridized carbons (Fsp3) is 0.240. The predicted octanol–water partition coefficient (Wildman–Crippen LogP) is 3.76. The van der Waals surface area contributed by atoms with Gasteiger partial charge in [0.15, 0.2) is 0 Å². The minimum absolute atomic E-state index is 0.0790. The Morgan fingerprint density at radius 2 is 1.81 bits per heavy atom. The topological polar surface area (TPSA) is 75.7 Å². The monoisotopic (exact) mass is 450 g/mol. The van der Waals surface area contributed by atoms with Crippen LogP contribution >= 0.6 is 0 Å². The molecule has 0 unspecified atom stereocenters. The van der Waals surface area contributed by atoms with Gasteiger partial charge in [-0.2, -0.15) is 0 Å². The molecule has 0 spiro atoms. The van der Waals surface area contributed by atoms with E-state index < -0.39 is 10.0 Å². The molecule has 3 aromatic carbocycles. The Labute approximate surface area is 188 Å². The van der Waals surface area contributed by atoms with Gasteiger partial charge in [-0.25, -0.2) is 13.1 Å².